The summed E-state index contributed by atoms with van der Waals surface area (Å²) < 4.78 is 18.7. The Morgan fingerprint density at radius 2 is 0.968 bits per heavy atom. The molecule has 0 saturated carbocycles. The van der Waals surface area contributed by atoms with Gasteiger partial charge in [0.15, 0.2) is 11.5 Å². The molecule has 12 nitrogen and oxygen atoms in total. The van der Waals surface area contributed by atoms with Gasteiger partial charge in [-0.15, -0.1) is 22.7 Å². The van der Waals surface area contributed by atoms with Gasteiger partial charge >= 0.3 is 6.09 Å². The van der Waals surface area contributed by atoms with Gasteiger partial charge in [-0.2, -0.15) is 0 Å². The average molecular weight is 961 g/mol. The number of benzene rings is 4. The maximum Gasteiger partial charge on any atom is 0.426 e. The highest BCUT2D eigenvalue weighted by atomic mass is 35.5. The molecule has 0 atom stereocenters. The Kier molecular flexibility index (Phi) is 14.0. The van der Waals surface area contributed by atoms with Gasteiger partial charge in [0.25, 0.3) is 11.8 Å². The molecule has 5 N–H and O–H groups in total. The first-order chi connectivity index (χ1) is 30.1. The third kappa shape index (κ3) is 11.7. The van der Waals surface area contributed by atoms with Gasteiger partial charge in [0.1, 0.15) is 17.1 Å². The Morgan fingerprint density at radius 3 is 1.37 bits per heavy atom. The maximum atomic E-state index is 12.5. The summed E-state index contributed by atoms with van der Waals surface area (Å²) in [6.07, 6.45) is 5.79. The number of nitrogen functional groups attached to an aromatic ring is 1. The molecule has 0 aliphatic rings. The van der Waals surface area contributed by atoms with E-state index in [0.29, 0.717) is 52.8 Å². The molecule has 0 bridgehead atoms. The summed E-state index contributed by atoms with van der Waals surface area (Å²) in [7, 11) is 0. The first-order valence-electron chi connectivity index (χ1n) is 18.6. The van der Waals surface area contributed by atoms with E-state index in [1.807, 2.05) is 72.8 Å². The zero-order valence-electron chi connectivity index (χ0n) is 33.3. The highest BCUT2D eigenvalue weighted by molar-refractivity contribution is 7.21. The monoisotopic (exact) mass is 958 g/mol. The Morgan fingerprint density at radius 1 is 0.556 bits per heavy atom. The number of amides is 3. The fraction of sp³-hybridized carbons (Fsp3) is 0.0889. The summed E-state index contributed by atoms with van der Waals surface area (Å²) in [4.78, 5) is 45.3. The zero-order valence-corrected chi connectivity index (χ0v) is 38.0. The SMILES string of the molecule is CC(C)(C)OC(=O)NNC(=O)c1cc2c(Oc3ccc(-c4cc(Cl)cc(Cl)c4)cc3)cncc2s1.NNC(=O)c1cc2c(Oc3ccc(-c4cc(Cl)cc(Cl)c4)cc3)cncc2s1. The number of aromatic nitrogens is 2. The maximum absolute atomic E-state index is 12.5. The second kappa shape index (κ2) is 19.6. The van der Waals surface area contributed by atoms with E-state index in [0.717, 1.165) is 42.4 Å². The molecule has 0 aliphatic carbocycles. The van der Waals surface area contributed by atoms with Crippen molar-refractivity contribution >= 4 is 107 Å². The summed E-state index contributed by atoms with van der Waals surface area (Å²) in [6, 6.07) is 29.2. The molecule has 3 amide bonds. The summed E-state index contributed by atoms with van der Waals surface area (Å²) >= 11 is 26.9. The number of nitrogens with one attached hydrogen (secondary N) is 3. The normalized spacial score (nSPS) is 11.0. The van der Waals surface area contributed by atoms with Crippen LogP contribution < -0.4 is 31.6 Å². The summed E-state index contributed by atoms with van der Waals surface area (Å²) in [5.41, 5.74) is 9.76. The van der Waals surface area contributed by atoms with Crippen LogP contribution in [-0.2, 0) is 4.74 Å². The van der Waals surface area contributed by atoms with Gasteiger partial charge in [0.2, 0.25) is 0 Å². The van der Waals surface area contributed by atoms with Crippen molar-refractivity contribution in [2.24, 2.45) is 5.84 Å². The minimum Gasteiger partial charge on any atom is -0.455 e. The van der Waals surface area contributed by atoms with Crippen LogP contribution in [0.4, 0.5) is 4.79 Å². The number of thiophene rings is 2. The smallest absolute Gasteiger partial charge is 0.426 e. The Hall–Kier alpha value is -5.97. The van der Waals surface area contributed by atoms with Gasteiger partial charge in [-0.25, -0.2) is 16.1 Å². The van der Waals surface area contributed by atoms with E-state index in [2.05, 4.69) is 26.2 Å². The van der Waals surface area contributed by atoms with Gasteiger partial charge < -0.3 is 14.2 Å². The lowest BCUT2D eigenvalue weighted by Gasteiger charge is -2.19. The number of hydrogen-bond donors (Lipinski definition) is 4. The molecular weight excluding hydrogens is 926 g/mol. The molecule has 4 aromatic carbocycles. The largest absolute Gasteiger partial charge is 0.455 e. The number of fused-ring (bicyclic) bond motifs is 2. The van der Waals surface area contributed by atoms with E-state index in [1.165, 1.54) is 22.7 Å². The number of hydrazine groups is 2. The minimum absolute atomic E-state index is 0.350. The van der Waals surface area contributed by atoms with E-state index in [4.69, 9.17) is 66.5 Å². The lowest BCUT2D eigenvalue weighted by molar-refractivity contribution is 0.0483. The number of rotatable bonds is 8. The van der Waals surface area contributed by atoms with Crippen molar-refractivity contribution < 1.29 is 28.6 Å². The van der Waals surface area contributed by atoms with E-state index in [1.54, 1.807) is 69.8 Å². The van der Waals surface area contributed by atoms with Crippen LogP contribution >= 0.6 is 69.1 Å². The van der Waals surface area contributed by atoms with Crippen LogP contribution in [0.2, 0.25) is 20.1 Å². The average Bonchev–Trinajstić information content (AvgIpc) is 3.89. The molecule has 63 heavy (non-hydrogen) atoms. The van der Waals surface area contributed by atoms with E-state index >= 15 is 0 Å². The number of halogens is 4. The topological polar surface area (TPSA) is 167 Å². The lowest BCUT2D eigenvalue weighted by Crippen LogP contribution is -2.44. The number of carbonyl (C=O) groups excluding carboxylic acids is 3. The number of nitrogens with two attached hydrogens (primary N) is 1. The molecule has 0 unspecified atom stereocenters. The van der Waals surface area contributed by atoms with Crippen molar-refractivity contribution in [2.75, 3.05) is 0 Å². The molecule has 4 aromatic heterocycles. The predicted octanol–water partition coefficient (Wildman–Crippen LogP) is 12.9. The lowest BCUT2D eigenvalue weighted by atomic mass is 10.1. The molecule has 0 fully saturated rings. The molecule has 18 heteroatoms. The van der Waals surface area contributed by atoms with Gasteiger partial charge in [-0.3, -0.25) is 30.4 Å². The van der Waals surface area contributed by atoms with E-state index in [-0.39, 0.29) is 5.91 Å². The van der Waals surface area contributed by atoms with E-state index in [9.17, 15) is 14.4 Å². The summed E-state index contributed by atoms with van der Waals surface area (Å²) in [5, 5.41) is 3.79. The van der Waals surface area contributed by atoms with Crippen LogP contribution in [0.15, 0.2) is 122 Å². The molecule has 0 radical (unpaired) electrons. The van der Waals surface area contributed by atoms with Crippen LogP contribution in [0.5, 0.6) is 23.0 Å². The molecular formula is C45H34Cl4N6O6S2. The molecule has 0 aliphatic heterocycles. The van der Waals surface area contributed by atoms with Crippen LogP contribution in [0.25, 0.3) is 42.4 Å². The second-order valence-corrected chi connectivity index (χ2v) is 18.4. The summed E-state index contributed by atoms with van der Waals surface area (Å²) in [6.45, 7) is 5.19. The predicted molar refractivity (Wildman–Crippen MR) is 252 cm³/mol. The summed E-state index contributed by atoms with van der Waals surface area (Å²) in [5.74, 6) is 6.68. The highest BCUT2D eigenvalue weighted by Gasteiger charge is 2.19. The number of hydrogen-bond acceptors (Lipinski definition) is 11. The molecule has 8 rings (SSSR count). The van der Waals surface area contributed by atoms with E-state index < -0.39 is 17.6 Å². The van der Waals surface area contributed by atoms with Crippen molar-refractivity contribution in [3.8, 4) is 45.3 Å². The van der Waals surface area contributed by atoms with Crippen LogP contribution in [0, 0.1) is 0 Å². The fourth-order valence-electron chi connectivity index (χ4n) is 5.93. The van der Waals surface area contributed by atoms with Crippen molar-refractivity contribution in [1.29, 1.82) is 0 Å². The molecule has 4 heterocycles. The zero-order chi connectivity index (χ0) is 44.8. The molecule has 320 valence electrons. The van der Waals surface area contributed by atoms with Crippen LogP contribution in [-0.4, -0.2) is 33.5 Å². The Bertz CT molecular complexity index is 2930. The number of nitrogens with zero attached hydrogens (tertiary/aromatic N) is 2. The fourth-order valence-corrected chi connectivity index (χ4v) is 8.87. The first kappa shape index (κ1) is 45.1. The minimum atomic E-state index is -0.749. The van der Waals surface area contributed by atoms with Gasteiger partial charge in [0.05, 0.1) is 31.5 Å². The van der Waals surface area contributed by atoms with Gasteiger partial charge in [0, 0.05) is 43.3 Å². The van der Waals surface area contributed by atoms with Crippen molar-refractivity contribution in [1.82, 2.24) is 26.2 Å². The second-order valence-electron chi connectivity index (χ2n) is 14.4. The number of ether oxygens (including phenoxy) is 3. The highest BCUT2D eigenvalue weighted by Crippen LogP contribution is 2.37. The van der Waals surface area contributed by atoms with Crippen molar-refractivity contribution in [3.05, 3.63) is 152 Å². The molecule has 0 saturated heterocycles. The molecule has 8 aromatic rings. The molecule has 0 spiro atoms. The number of pyridine rings is 2. The Balaban J connectivity index is 0.000000193. The first-order valence-corrected chi connectivity index (χ1v) is 21.8. The number of carbonyl (C=O) groups is 3. The quantitative estimate of drug-likeness (QED) is 0.0658. The van der Waals surface area contributed by atoms with Crippen LogP contribution in [0.3, 0.4) is 0 Å². The van der Waals surface area contributed by atoms with Gasteiger partial charge in [-0.1, -0.05) is 70.7 Å². The standard InChI is InChI=1S/C25H21Cl2N3O4S.C20H13Cl2N3O2S/c1-25(2,3)34-24(32)30-29-23(31)21-11-19-20(12-28-13-22(19)35-21)33-18-6-4-14(5-7-18)15-8-16(26)10-17(27)9-15;21-13-5-12(6-14(22)7-13)11-1-3-15(4-2-11)27-17-9-24-10-19-16(17)8-18(28-19)20(26)25-23/h4-13H,1-3H3,(H,29,31)(H,30,32);1-10H,23H2,(H,25,26). The Labute approximate surface area is 388 Å². The third-order valence-electron chi connectivity index (χ3n) is 8.63. The van der Waals surface area contributed by atoms with Crippen molar-refractivity contribution in [3.63, 3.8) is 0 Å². The third-order valence-corrected chi connectivity index (χ3v) is 11.6. The van der Waals surface area contributed by atoms with Crippen LogP contribution in [0.1, 0.15) is 40.1 Å². The van der Waals surface area contributed by atoms with Crippen molar-refractivity contribution in [2.45, 2.75) is 26.4 Å². The van der Waals surface area contributed by atoms with Gasteiger partial charge in [-0.05, 0) is 116 Å².